The number of carbonyl (C=O) groups excluding carboxylic acids is 2. The Balaban J connectivity index is 0.723. The molecule has 10 heterocycles. The van der Waals surface area contributed by atoms with E-state index in [2.05, 4.69) is 58.6 Å². The van der Waals surface area contributed by atoms with Gasteiger partial charge in [-0.15, -0.1) is 0 Å². The van der Waals surface area contributed by atoms with Gasteiger partial charge in [0.25, 0.3) is 0 Å². The second-order valence-corrected chi connectivity index (χ2v) is 23.1. The fraction of sp³-hybridized carbons (Fsp3) is 0.750. The van der Waals surface area contributed by atoms with Crippen LogP contribution in [0.2, 0.25) is 0 Å². The van der Waals surface area contributed by atoms with Crippen LogP contribution in [0, 0.1) is 11.8 Å². The van der Waals surface area contributed by atoms with Gasteiger partial charge in [-0.1, -0.05) is 62.9 Å². The van der Waals surface area contributed by atoms with Gasteiger partial charge in [-0.3, -0.25) is 4.79 Å². The predicted octanol–water partition coefficient (Wildman–Crippen LogP) is 7.61. The van der Waals surface area contributed by atoms with Gasteiger partial charge in [0.15, 0.2) is 0 Å². The molecule has 22 atom stereocenters. The Morgan fingerprint density at radius 3 is 2.26 bits per heavy atom. The quantitative estimate of drug-likeness (QED) is 0.227. The van der Waals surface area contributed by atoms with Crippen LogP contribution in [-0.4, -0.2) is 145 Å². The maximum Gasteiger partial charge on any atom is 0.338 e. The zero-order chi connectivity index (χ0) is 48.3. The summed E-state index contributed by atoms with van der Waals surface area (Å²) in [6.07, 6.45) is 14.7. The predicted molar refractivity (Wildman–Crippen MR) is 255 cm³/mol. The summed E-state index contributed by atoms with van der Waals surface area (Å²) in [5.41, 5.74) is 0.0913. The molecule has 1 aromatic rings. The fourth-order valence-electron chi connectivity index (χ4n) is 14.0. The van der Waals surface area contributed by atoms with Gasteiger partial charge in [0, 0.05) is 25.7 Å². The minimum absolute atomic E-state index is 0.0876. The van der Waals surface area contributed by atoms with Crippen molar-refractivity contribution >= 4 is 11.9 Å². The SMILES string of the molecule is C=C(COC(=O)c1ccccc1)C[C@@H]1C[C@H](O)[C@@H]2O[C@@H]3C[C@]4(C)O[C@@H]5C=CC[C@@H]6O[C@H]7C(CC=CCC6OC5CCCC4OC3CC2O1)OC1CC2OC3CC(=O)O[C@H]3C[C@@H](C)C[C@@]2(C)O[C@H]1C[C@@H]7C. The lowest BCUT2D eigenvalue weighted by Gasteiger charge is -2.55. The maximum atomic E-state index is 12.5. The van der Waals surface area contributed by atoms with Crippen LogP contribution in [0.1, 0.15) is 134 Å². The largest absolute Gasteiger partial charge is 0.459 e. The van der Waals surface area contributed by atoms with E-state index < -0.39 is 29.4 Å². The molecular formula is C56H76O14. The highest BCUT2D eigenvalue weighted by molar-refractivity contribution is 5.89. The van der Waals surface area contributed by atoms with Gasteiger partial charge in [0.1, 0.15) is 31.0 Å². The Morgan fingerprint density at radius 1 is 0.686 bits per heavy atom. The number of rotatable bonds is 5. The maximum absolute atomic E-state index is 12.5. The fourth-order valence-corrected chi connectivity index (χ4v) is 14.0. The summed E-state index contributed by atoms with van der Waals surface area (Å²) in [6.45, 7) is 13.1. The summed E-state index contributed by atoms with van der Waals surface area (Å²) in [4.78, 5) is 24.9. The minimum Gasteiger partial charge on any atom is -0.459 e. The number of hydrogen-bond donors (Lipinski definition) is 1. The first-order valence-electron chi connectivity index (χ1n) is 26.8. The van der Waals surface area contributed by atoms with Crippen molar-refractivity contribution in [1.29, 1.82) is 0 Å². The van der Waals surface area contributed by atoms with Gasteiger partial charge in [0.05, 0.1) is 109 Å². The lowest BCUT2D eigenvalue weighted by Crippen LogP contribution is -2.65. The summed E-state index contributed by atoms with van der Waals surface area (Å²) >= 11 is 0. The van der Waals surface area contributed by atoms with Crippen molar-refractivity contribution < 1.29 is 66.8 Å². The zero-order valence-corrected chi connectivity index (χ0v) is 41.5. The third kappa shape index (κ3) is 10.3. The highest BCUT2D eigenvalue weighted by atomic mass is 16.6. The number of aliphatic hydroxyl groups excluding tert-OH is 1. The topological polar surface area (TPSA) is 156 Å². The number of ether oxygens (including phenoxy) is 11. The molecule has 384 valence electrons. The smallest absolute Gasteiger partial charge is 0.338 e. The molecule has 11 rings (SSSR count). The van der Waals surface area contributed by atoms with Crippen molar-refractivity contribution in [2.75, 3.05) is 6.61 Å². The van der Waals surface area contributed by atoms with E-state index in [0.29, 0.717) is 56.4 Å². The van der Waals surface area contributed by atoms with E-state index in [4.69, 9.17) is 52.1 Å². The molecule has 8 fully saturated rings. The van der Waals surface area contributed by atoms with Crippen LogP contribution in [0.4, 0.5) is 0 Å². The van der Waals surface area contributed by atoms with E-state index in [1.54, 1.807) is 24.3 Å². The Hall–Kier alpha value is -3.02. The van der Waals surface area contributed by atoms with Crippen molar-refractivity contribution in [3.8, 4) is 0 Å². The Morgan fingerprint density at radius 2 is 1.41 bits per heavy atom. The van der Waals surface area contributed by atoms with Crippen LogP contribution in [0.5, 0.6) is 0 Å². The van der Waals surface area contributed by atoms with Crippen LogP contribution in [0.25, 0.3) is 0 Å². The number of benzene rings is 1. The molecule has 14 heteroatoms. The van der Waals surface area contributed by atoms with Gasteiger partial charge in [-0.25, -0.2) is 4.79 Å². The molecule has 10 aliphatic rings. The number of esters is 2. The highest BCUT2D eigenvalue weighted by Crippen LogP contribution is 2.48. The first kappa shape index (κ1) is 49.2. The molecule has 0 amide bonds. The highest BCUT2D eigenvalue weighted by Gasteiger charge is 2.57. The number of aliphatic hydroxyl groups is 1. The standard InChI is InChI=1S/C56H76O14/c1-31-22-42-45(27-51(58)66-42)65-50-26-44-46(70-55(50,4)28-31)23-33(3)52-41(63-44)16-10-9-15-37-38(67-52)17-11-19-40-39(62-37)18-12-20-49-56(5,69-40)29-48-43(64-49)25-47-53(68-48)36(57)24-35(61-47)21-32(2)30-60-54(59)34-13-7-6-8-14-34/h6-11,13-14,19,31,33,35-50,52-53,57H,2,12,15-18,20-30H2,1,3-5H3/t31-,33+,35-,36+,37?,38+,39?,40-,41?,42+,43?,44?,45?,46+,47?,48-,49?,50?,52-,53+,55-,56+/m1/s1. The number of fused-ring (bicyclic) bond motifs is 9. The molecule has 0 saturated carbocycles. The number of hydrogen-bond acceptors (Lipinski definition) is 14. The second kappa shape index (κ2) is 20.4. The van der Waals surface area contributed by atoms with Crippen LogP contribution >= 0.6 is 0 Å². The molecule has 0 radical (unpaired) electrons. The average molecular weight is 973 g/mol. The molecule has 0 bridgehead atoms. The molecule has 14 nitrogen and oxygen atoms in total. The van der Waals surface area contributed by atoms with E-state index in [0.717, 1.165) is 56.9 Å². The Bertz CT molecular complexity index is 2100. The summed E-state index contributed by atoms with van der Waals surface area (Å²) in [7, 11) is 0. The Labute approximate surface area is 413 Å². The molecule has 1 N–H and O–H groups in total. The van der Waals surface area contributed by atoms with E-state index in [1.807, 2.05) is 6.07 Å². The molecule has 10 aliphatic heterocycles. The van der Waals surface area contributed by atoms with Crippen molar-refractivity contribution in [3.05, 3.63) is 72.4 Å². The number of carbonyl (C=O) groups is 2. The Kier molecular flexibility index (Phi) is 14.3. The van der Waals surface area contributed by atoms with Crippen LogP contribution in [0.15, 0.2) is 66.8 Å². The third-order valence-corrected chi connectivity index (χ3v) is 17.4. The summed E-state index contributed by atoms with van der Waals surface area (Å²) < 4.78 is 74.2. The van der Waals surface area contributed by atoms with E-state index in [9.17, 15) is 14.7 Å². The van der Waals surface area contributed by atoms with Gasteiger partial charge >= 0.3 is 11.9 Å². The molecule has 8 saturated heterocycles. The van der Waals surface area contributed by atoms with Crippen molar-refractivity contribution in [2.24, 2.45) is 11.8 Å². The van der Waals surface area contributed by atoms with Crippen molar-refractivity contribution in [1.82, 2.24) is 0 Å². The summed E-state index contributed by atoms with van der Waals surface area (Å²) in [6, 6.07) is 8.91. The first-order valence-corrected chi connectivity index (χ1v) is 26.8. The lowest BCUT2D eigenvalue weighted by molar-refractivity contribution is -0.316. The normalized spacial score (nSPS) is 48.0. The third-order valence-electron chi connectivity index (χ3n) is 17.4. The second-order valence-electron chi connectivity index (χ2n) is 23.1. The molecular weight excluding hydrogens is 897 g/mol. The monoisotopic (exact) mass is 973 g/mol. The van der Waals surface area contributed by atoms with Crippen LogP contribution < -0.4 is 0 Å². The van der Waals surface area contributed by atoms with E-state index in [1.165, 1.54) is 0 Å². The first-order chi connectivity index (χ1) is 33.8. The van der Waals surface area contributed by atoms with Crippen LogP contribution in [0.3, 0.4) is 0 Å². The molecule has 0 aromatic heterocycles. The van der Waals surface area contributed by atoms with Gasteiger partial charge in [-0.2, -0.15) is 0 Å². The molecule has 9 unspecified atom stereocenters. The van der Waals surface area contributed by atoms with Crippen LogP contribution in [-0.2, 0) is 56.9 Å². The lowest BCUT2D eigenvalue weighted by atomic mass is 9.78. The molecule has 0 spiro atoms. The van der Waals surface area contributed by atoms with E-state index >= 15 is 0 Å². The summed E-state index contributed by atoms with van der Waals surface area (Å²) in [5.74, 6) is -0.0736. The average Bonchev–Trinajstić information content (AvgIpc) is 3.62. The van der Waals surface area contributed by atoms with Gasteiger partial charge < -0.3 is 57.2 Å². The van der Waals surface area contributed by atoms with Crippen molar-refractivity contribution in [2.45, 2.75) is 245 Å². The summed E-state index contributed by atoms with van der Waals surface area (Å²) in [5, 5.41) is 11.5. The molecule has 1 aromatic carbocycles. The van der Waals surface area contributed by atoms with E-state index in [-0.39, 0.29) is 116 Å². The molecule has 70 heavy (non-hydrogen) atoms. The zero-order valence-electron chi connectivity index (χ0n) is 41.5. The van der Waals surface area contributed by atoms with Gasteiger partial charge in [0.2, 0.25) is 0 Å². The van der Waals surface area contributed by atoms with Crippen molar-refractivity contribution in [3.63, 3.8) is 0 Å². The molecule has 0 aliphatic carbocycles. The van der Waals surface area contributed by atoms with Gasteiger partial charge in [-0.05, 0) is 108 Å². The minimum atomic E-state index is -0.720.